The first-order valence-corrected chi connectivity index (χ1v) is 9.81. The lowest BCUT2D eigenvalue weighted by atomic mass is 10.2. The van der Waals surface area contributed by atoms with Gasteiger partial charge < -0.3 is 20.4 Å². The highest BCUT2D eigenvalue weighted by Crippen LogP contribution is 2.20. The molecule has 0 radical (unpaired) electrons. The molecule has 4 rings (SSSR count). The third-order valence-electron chi connectivity index (χ3n) is 5.02. The number of nitrogens with one attached hydrogen (secondary N) is 2. The topological polar surface area (TPSA) is 78.3 Å². The van der Waals surface area contributed by atoms with E-state index in [1.165, 1.54) is 12.1 Å². The number of urea groups is 1. The summed E-state index contributed by atoms with van der Waals surface area (Å²) in [7, 11) is 1.79. The summed E-state index contributed by atoms with van der Waals surface area (Å²) in [4.78, 5) is 21.0. The van der Waals surface area contributed by atoms with Gasteiger partial charge in [-0.2, -0.15) is 5.10 Å². The number of anilines is 3. The Bertz CT molecular complexity index is 997. The number of aromatic nitrogens is 3. The van der Waals surface area contributed by atoms with Crippen LogP contribution in [0.1, 0.15) is 5.56 Å². The van der Waals surface area contributed by atoms with Crippen molar-refractivity contribution in [2.75, 3.05) is 41.3 Å². The number of hydrogen-bond donors (Lipinski definition) is 2. The first-order valence-electron chi connectivity index (χ1n) is 9.81. The van der Waals surface area contributed by atoms with Crippen LogP contribution >= 0.6 is 0 Å². The van der Waals surface area contributed by atoms with Crippen LogP contribution in [-0.4, -0.2) is 47.0 Å². The standard InChI is InChI=1S/C21H24FN7O/c1-27-15-18(14-25-27)26-21(30)24-13-16-6-7-23-20(12-16)29-10-8-28(9-11-29)19-4-2-17(22)3-5-19/h2-7,12,14-15H,8-11,13H2,1H3,(H2,24,26,30). The molecule has 1 aliphatic rings. The predicted octanol–water partition coefficient (Wildman–Crippen LogP) is 2.60. The van der Waals surface area contributed by atoms with Crippen molar-refractivity contribution >= 4 is 23.2 Å². The van der Waals surface area contributed by atoms with E-state index < -0.39 is 0 Å². The van der Waals surface area contributed by atoms with Crippen LogP contribution in [0.2, 0.25) is 0 Å². The second-order valence-electron chi connectivity index (χ2n) is 7.18. The zero-order valence-corrected chi connectivity index (χ0v) is 16.8. The van der Waals surface area contributed by atoms with Gasteiger partial charge in [-0.1, -0.05) is 0 Å². The summed E-state index contributed by atoms with van der Waals surface area (Å²) in [6.07, 6.45) is 5.09. The molecule has 0 saturated carbocycles. The first-order chi connectivity index (χ1) is 14.6. The molecule has 2 amide bonds. The quantitative estimate of drug-likeness (QED) is 0.677. The van der Waals surface area contributed by atoms with Gasteiger partial charge in [0.1, 0.15) is 11.6 Å². The van der Waals surface area contributed by atoms with Gasteiger partial charge in [-0.3, -0.25) is 4.68 Å². The second kappa shape index (κ2) is 8.81. The molecule has 1 saturated heterocycles. The van der Waals surface area contributed by atoms with Crippen LogP contribution in [-0.2, 0) is 13.6 Å². The zero-order valence-electron chi connectivity index (χ0n) is 16.8. The van der Waals surface area contributed by atoms with Crippen molar-refractivity contribution in [2.45, 2.75) is 6.54 Å². The fraction of sp³-hybridized carbons (Fsp3) is 0.286. The molecule has 3 aromatic rings. The summed E-state index contributed by atoms with van der Waals surface area (Å²) in [5.74, 6) is 0.668. The van der Waals surface area contributed by atoms with E-state index in [2.05, 4.69) is 30.5 Å². The number of nitrogens with zero attached hydrogens (tertiary/aromatic N) is 5. The van der Waals surface area contributed by atoms with Crippen LogP contribution in [0.3, 0.4) is 0 Å². The molecule has 2 N–H and O–H groups in total. The fourth-order valence-corrected chi connectivity index (χ4v) is 3.43. The van der Waals surface area contributed by atoms with Crippen LogP contribution in [0.25, 0.3) is 0 Å². The molecule has 0 aliphatic carbocycles. The van der Waals surface area contributed by atoms with Gasteiger partial charge in [0.15, 0.2) is 0 Å². The van der Waals surface area contributed by atoms with Crippen molar-refractivity contribution in [2.24, 2.45) is 7.05 Å². The first kappa shape index (κ1) is 19.7. The Morgan fingerprint density at radius 2 is 1.83 bits per heavy atom. The molecule has 0 atom stereocenters. The van der Waals surface area contributed by atoms with E-state index in [0.717, 1.165) is 43.2 Å². The van der Waals surface area contributed by atoms with Crippen molar-refractivity contribution in [3.05, 3.63) is 66.4 Å². The number of carbonyl (C=O) groups excluding carboxylic acids is 1. The van der Waals surface area contributed by atoms with E-state index in [1.807, 2.05) is 24.3 Å². The number of pyridine rings is 1. The van der Waals surface area contributed by atoms with Crippen molar-refractivity contribution in [1.82, 2.24) is 20.1 Å². The van der Waals surface area contributed by atoms with E-state index >= 15 is 0 Å². The maximum absolute atomic E-state index is 13.1. The number of carbonyl (C=O) groups is 1. The highest BCUT2D eigenvalue weighted by molar-refractivity contribution is 5.88. The molecule has 156 valence electrons. The summed E-state index contributed by atoms with van der Waals surface area (Å²) >= 11 is 0. The Balaban J connectivity index is 1.30. The highest BCUT2D eigenvalue weighted by Gasteiger charge is 2.18. The van der Waals surface area contributed by atoms with Crippen molar-refractivity contribution in [1.29, 1.82) is 0 Å². The number of amides is 2. The molecule has 3 heterocycles. The Morgan fingerprint density at radius 3 is 2.53 bits per heavy atom. The minimum Gasteiger partial charge on any atom is -0.368 e. The van der Waals surface area contributed by atoms with E-state index in [1.54, 1.807) is 30.3 Å². The lowest BCUT2D eigenvalue weighted by molar-refractivity contribution is 0.251. The molecular formula is C21H24FN7O. The van der Waals surface area contributed by atoms with Crippen LogP contribution < -0.4 is 20.4 Å². The maximum atomic E-state index is 13.1. The number of aryl methyl sites for hydroxylation is 1. The summed E-state index contributed by atoms with van der Waals surface area (Å²) in [6.45, 7) is 3.72. The molecule has 30 heavy (non-hydrogen) atoms. The van der Waals surface area contributed by atoms with Crippen molar-refractivity contribution < 1.29 is 9.18 Å². The average Bonchev–Trinajstić information content (AvgIpc) is 3.17. The van der Waals surface area contributed by atoms with Gasteiger partial charge in [0, 0.05) is 57.9 Å². The molecule has 1 fully saturated rings. The van der Waals surface area contributed by atoms with Crippen LogP contribution in [0, 0.1) is 5.82 Å². The lowest BCUT2D eigenvalue weighted by Gasteiger charge is -2.36. The van der Waals surface area contributed by atoms with Gasteiger partial charge in [0.2, 0.25) is 0 Å². The number of benzene rings is 1. The van der Waals surface area contributed by atoms with E-state index in [0.29, 0.717) is 12.2 Å². The van der Waals surface area contributed by atoms with Crippen molar-refractivity contribution in [3.8, 4) is 0 Å². The van der Waals surface area contributed by atoms with Gasteiger partial charge in [-0.15, -0.1) is 0 Å². The zero-order chi connectivity index (χ0) is 20.9. The molecule has 0 bridgehead atoms. The lowest BCUT2D eigenvalue weighted by Crippen LogP contribution is -2.46. The van der Waals surface area contributed by atoms with Crippen LogP contribution in [0.4, 0.5) is 26.4 Å². The Kier molecular flexibility index (Phi) is 5.78. The summed E-state index contributed by atoms with van der Waals surface area (Å²) < 4.78 is 14.8. The Morgan fingerprint density at radius 1 is 1.10 bits per heavy atom. The molecule has 1 aliphatic heterocycles. The molecule has 1 aromatic carbocycles. The van der Waals surface area contributed by atoms with Crippen LogP contribution in [0.15, 0.2) is 55.0 Å². The predicted molar refractivity (Wildman–Crippen MR) is 114 cm³/mol. The Labute approximate surface area is 174 Å². The minimum absolute atomic E-state index is 0.221. The van der Waals surface area contributed by atoms with Gasteiger partial charge in [0.05, 0.1) is 11.9 Å². The summed E-state index contributed by atoms with van der Waals surface area (Å²) in [5.41, 5.74) is 2.65. The van der Waals surface area contributed by atoms with E-state index in [4.69, 9.17) is 0 Å². The van der Waals surface area contributed by atoms with Gasteiger partial charge in [-0.05, 0) is 42.0 Å². The van der Waals surface area contributed by atoms with E-state index in [-0.39, 0.29) is 11.8 Å². The van der Waals surface area contributed by atoms with E-state index in [9.17, 15) is 9.18 Å². The SMILES string of the molecule is Cn1cc(NC(=O)NCc2ccnc(N3CCN(c4ccc(F)cc4)CC3)c2)cn1. The summed E-state index contributed by atoms with van der Waals surface area (Å²) in [6, 6.07) is 10.2. The number of rotatable bonds is 5. The monoisotopic (exact) mass is 409 g/mol. The Hall–Kier alpha value is -3.62. The number of halogens is 1. The maximum Gasteiger partial charge on any atom is 0.319 e. The van der Waals surface area contributed by atoms with Gasteiger partial charge >= 0.3 is 6.03 Å². The van der Waals surface area contributed by atoms with Crippen LogP contribution in [0.5, 0.6) is 0 Å². The third-order valence-corrected chi connectivity index (χ3v) is 5.02. The smallest absolute Gasteiger partial charge is 0.319 e. The molecule has 8 nitrogen and oxygen atoms in total. The largest absolute Gasteiger partial charge is 0.368 e. The van der Waals surface area contributed by atoms with Gasteiger partial charge in [-0.25, -0.2) is 14.2 Å². The van der Waals surface area contributed by atoms with Gasteiger partial charge in [0.25, 0.3) is 0 Å². The molecule has 0 spiro atoms. The fourth-order valence-electron chi connectivity index (χ4n) is 3.43. The van der Waals surface area contributed by atoms with Crippen molar-refractivity contribution in [3.63, 3.8) is 0 Å². The minimum atomic E-state index is -0.283. The second-order valence-corrected chi connectivity index (χ2v) is 7.18. The molecule has 0 unspecified atom stereocenters. The normalized spacial score (nSPS) is 13.9. The molecular weight excluding hydrogens is 385 g/mol. The average molecular weight is 409 g/mol. The highest BCUT2D eigenvalue weighted by atomic mass is 19.1. The third kappa shape index (κ3) is 4.86. The number of hydrogen-bond acceptors (Lipinski definition) is 5. The molecule has 9 heteroatoms. The number of piperazine rings is 1. The molecule has 2 aromatic heterocycles. The summed E-state index contributed by atoms with van der Waals surface area (Å²) in [5, 5.41) is 9.61.